The number of carbonyl (C=O) groups excluding carboxylic acids is 2. The minimum atomic E-state index is -0.142. The van der Waals surface area contributed by atoms with Gasteiger partial charge in [0.25, 0.3) is 0 Å². The summed E-state index contributed by atoms with van der Waals surface area (Å²) in [5.74, 6) is 0.00434. The highest BCUT2D eigenvalue weighted by atomic mass is 16.2. The van der Waals surface area contributed by atoms with Crippen LogP contribution in [0.2, 0.25) is 0 Å². The molecular weight excluding hydrogens is 194 g/mol. The molecule has 0 aromatic heterocycles. The van der Waals surface area contributed by atoms with Gasteiger partial charge in [-0.1, -0.05) is 13.8 Å². The Morgan fingerprint density at radius 1 is 1.20 bits per heavy atom. The molecule has 0 aromatic carbocycles. The van der Waals surface area contributed by atoms with Gasteiger partial charge in [0.2, 0.25) is 5.91 Å². The molecule has 0 atom stereocenters. The molecule has 86 valence electrons. The number of rotatable bonds is 5. The van der Waals surface area contributed by atoms with Crippen LogP contribution >= 0.6 is 0 Å². The molecule has 1 aliphatic rings. The SMILES string of the molecule is CC(C)C(=O)NCCNC(=O)NC1CC1. The Labute approximate surface area is 90.0 Å². The zero-order valence-corrected chi connectivity index (χ0v) is 9.30. The molecule has 1 saturated carbocycles. The molecule has 0 spiro atoms. The fourth-order valence-electron chi connectivity index (χ4n) is 1.03. The second-order valence-corrected chi connectivity index (χ2v) is 4.12. The second-order valence-electron chi connectivity index (χ2n) is 4.12. The van der Waals surface area contributed by atoms with Crippen molar-refractivity contribution in [1.29, 1.82) is 0 Å². The second kappa shape index (κ2) is 5.58. The summed E-state index contributed by atoms with van der Waals surface area (Å²) in [6, 6.07) is 0.228. The normalized spacial score (nSPS) is 14.9. The number of carbonyl (C=O) groups is 2. The van der Waals surface area contributed by atoms with E-state index in [4.69, 9.17) is 0 Å². The summed E-state index contributed by atoms with van der Waals surface area (Å²) in [7, 11) is 0. The first-order chi connectivity index (χ1) is 7.09. The first-order valence-corrected chi connectivity index (χ1v) is 5.41. The summed E-state index contributed by atoms with van der Waals surface area (Å²) in [6.45, 7) is 4.62. The maximum atomic E-state index is 11.1. The molecule has 0 radical (unpaired) electrons. The highest BCUT2D eigenvalue weighted by Crippen LogP contribution is 2.17. The van der Waals surface area contributed by atoms with Crippen LogP contribution < -0.4 is 16.0 Å². The van der Waals surface area contributed by atoms with Crippen LogP contribution in [0.5, 0.6) is 0 Å². The molecule has 1 rings (SSSR count). The summed E-state index contributed by atoms with van der Waals surface area (Å²) in [5.41, 5.74) is 0. The molecule has 0 heterocycles. The van der Waals surface area contributed by atoms with Crippen molar-refractivity contribution in [1.82, 2.24) is 16.0 Å². The third-order valence-electron chi connectivity index (χ3n) is 2.15. The Hall–Kier alpha value is -1.26. The molecule has 0 aliphatic heterocycles. The van der Waals surface area contributed by atoms with E-state index in [-0.39, 0.29) is 17.9 Å². The van der Waals surface area contributed by atoms with Gasteiger partial charge in [0.1, 0.15) is 0 Å². The topological polar surface area (TPSA) is 70.2 Å². The predicted molar refractivity (Wildman–Crippen MR) is 57.4 cm³/mol. The van der Waals surface area contributed by atoms with Crippen LogP contribution in [-0.4, -0.2) is 31.1 Å². The van der Waals surface area contributed by atoms with Gasteiger partial charge in [-0.15, -0.1) is 0 Å². The van der Waals surface area contributed by atoms with E-state index in [1.807, 2.05) is 13.8 Å². The summed E-state index contributed by atoms with van der Waals surface area (Å²) >= 11 is 0. The van der Waals surface area contributed by atoms with Gasteiger partial charge in [0.15, 0.2) is 0 Å². The van der Waals surface area contributed by atoms with Crippen molar-refractivity contribution in [2.75, 3.05) is 13.1 Å². The zero-order chi connectivity index (χ0) is 11.3. The third-order valence-corrected chi connectivity index (χ3v) is 2.15. The van der Waals surface area contributed by atoms with Crippen molar-refractivity contribution in [3.8, 4) is 0 Å². The van der Waals surface area contributed by atoms with Crippen molar-refractivity contribution in [2.45, 2.75) is 32.7 Å². The van der Waals surface area contributed by atoms with Crippen LogP contribution in [0.25, 0.3) is 0 Å². The molecule has 0 bridgehead atoms. The molecule has 3 N–H and O–H groups in total. The number of hydrogen-bond donors (Lipinski definition) is 3. The van der Waals surface area contributed by atoms with Crippen LogP contribution in [-0.2, 0) is 4.79 Å². The first-order valence-electron chi connectivity index (χ1n) is 5.41. The zero-order valence-electron chi connectivity index (χ0n) is 9.30. The van der Waals surface area contributed by atoms with E-state index in [2.05, 4.69) is 16.0 Å². The van der Waals surface area contributed by atoms with Crippen LogP contribution in [0.15, 0.2) is 0 Å². The lowest BCUT2D eigenvalue weighted by molar-refractivity contribution is -0.123. The minimum Gasteiger partial charge on any atom is -0.354 e. The highest BCUT2D eigenvalue weighted by molar-refractivity contribution is 5.78. The third kappa shape index (κ3) is 5.24. The van der Waals surface area contributed by atoms with Gasteiger partial charge in [-0.3, -0.25) is 4.79 Å². The van der Waals surface area contributed by atoms with Crippen molar-refractivity contribution in [3.63, 3.8) is 0 Å². The van der Waals surface area contributed by atoms with Crippen LogP contribution in [0.4, 0.5) is 4.79 Å². The van der Waals surface area contributed by atoms with Gasteiger partial charge < -0.3 is 16.0 Å². The lowest BCUT2D eigenvalue weighted by atomic mass is 10.2. The maximum absolute atomic E-state index is 11.1. The molecule has 0 aromatic rings. The Morgan fingerprint density at radius 2 is 1.80 bits per heavy atom. The quantitative estimate of drug-likeness (QED) is 0.572. The van der Waals surface area contributed by atoms with E-state index in [1.54, 1.807) is 0 Å². The first kappa shape index (κ1) is 11.8. The van der Waals surface area contributed by atoms with E-state index in [9.17, 15) is 9.59 Å². The summed E-state index contributed by atoms with van der Waals surface area (Å²) in [5, 5.41) is 8.21. The van der Waals surface area contributed by atoms with Gasteiger partial charge in [-0.05, 0) is 12.8 Å². The lowest BCUT2D eigenvalue weighted by Gasteiger charge is -2.09. The van der Waals surface area contributed by atoms with E-state index < -0.39 is 0 Å². The minimum absolute atomic E-state index is 0.00899. The smallest absolute Gasteiger partial charge is 0.315 e. The van der Waals surface area contributed by atoms with Gasteiger partial charge in [-0.25, -0.2) is 4.79 Å². The van der Waals surface area contributed by atoms with Gasteiger partial charge >= 0.3 is 6.03 Å². The Kier molecular flexibility index (Phi) is 4.39. The molecule has 1 aliphatic carbocycles. The number of amides is 3. The molecule has 5 heteroatoms. The molecular formula is C10H19N3O2. The van der Waals surface area contributed by atoms with Crippen LogP contribution in [0.1, 0.15) is 26.7 Å². The molecule has 3 amide bonds. The Morgan fingerprint density at radius 3 is 2.33 bits per heavy atom. The fourth-order valence-corrected chi connectivity index (χ4v) is 1.03. The van der Waals surface area contributed by atoms with Crippen molar-refractivity contribution in [2.24, 2.45) is 5.92 Å². The van der Waals surface area contributed by atoms with E-state index >= 15 is 0 Å². The average Bonchev–Trinajstić information content (AvgIpc) is 2.95. The van der Waals surface area contributed by atoms with Gasteiger partial charge in [0.05, 0.1) is 0 Å². The average molecular weight is 213 g/mol. The number of hydrogen-bond acceptors (Lipinski definition) is 2. The van der Waals surface area contributed by atoms with Crippen molar-refractivity contribution < 1.29 is 9.59 Å². The van der Waals surface area contributed by atoms with Crippen LogP contribution in [0.3, 0.4) is 0 Å². The predicted octanol–water partition coefficient (Wildman–Crippen LogP) is 0.220. The number of urea groups is 1. The molecule has 5 nitrogen and oxygen atoms in total. The van der Waals surface area contributed by atoms with Gasteiger partial charge in [0, 0.05) is 25.0 Å². The molecule has 0 unspecified atom stereocenters. The van der Waals surface area contributed by atoms with Crippen molar-refractivity contribution >= 4 is 11.9 Å². The standard InChI is InChI=1S/C10H19N3O2/c1-7(2)9(14)11-5-6-12-10(15)13-8-3-4-8/h7-8H,3-6H2,1-2H3,(H,11,14)(H2,12,13,15). The van der Waals surface area contributed by atoms with Crippen LogP contribution in [0, 0.1) is 5.92 Å². The lowest BCUT2D eigenvalue weighted by Crippen LogP contribution is -2.41. The summed E-state index contributed by atoms with van der Waals surface area (Å²) in [4.78, 5) is 22.3. The Bertz CT molecular complexity index is 237. The van der Waals surface area contributed by atoms with Crippen molar-refractivity contribution in [3.05, 3.63) is 0 Å². The molecule has 0 saturated heterocycles. The largest absolute Gasteiger partial charge is 0.354 e. The number of nitrogens with one attached hydrogen (secondary N) is 3. The Balaban J connectivity index is 1.95. The van der Waals surface area contributed by atoms with E-state index in [1.165, 1.54) is 0 Å². The molecule has 1 fully saturated rings. The fraction of sp³-hybridized carbons (Fsp3) is 0.800. The van der Waals surface area contributed by atoms with E-state index in [0.717, 1.165) is 12.8 Å². The monoisotopic (exact) mass is 213 g/mol. The van der Waals surface area contributed by atoms with E-state index in [0.29, 0.717) is 19.1 Å². The summed E-state index contributed by atoms with van der Waals surface area (Å²) in [6.07, 6.45) is 2.16. The highest BCUT2D eigenvalue weighted by Gasteiger charge is 2.22. The van der Waals surface area contributed by atoms with Gasteiger partial charge in [-0.2, -0.15) is 0 Å². The maximum Gasteiger partial charge on any atom is 0.315 e. The summed E-state index contributed by atoms with van der Waals surface area (Å²) < 4.78 is 0. The molecule has 15 heavy (non-hydrogen) atoms.